The zero-order valence-corrected chi connectivity index (χ0v) is 12.6. The van der Waals surface area contributed by atoms with Crippen LogP contribution in [0.25, 0.3) is 5.65 Å². The third kappa shape index (κ3) is 2.50. The Morgan fingerprint density at radius 3 is 2.48 bits per heavy atom. The van der Waals surface area contributed by atoms with E-state index in [-0.39, 0.29) is 4.90 Å². The highest BCUT2D eigenvalue weighted by Crippen LogP contribution is 2.21. The van der Waals surface area contributed by atoms with Gasteiger partial charge in [-0.3, -0.25) is 9.12 Å². The largest absolute Gasteiger partial charge is 0.285 e. The molecule has 0 fully saturated rings. The summed E-state index contributed by atoms with van der Waals surface area (Å²) in [6.45, 7) is 3.69. The molecule has 0 atom stereocenters. The lowest BCUT2D eigenvalue weighted by Crippen LogP contribution is -2.15. The fourth-order valence-electron chi connectivity index (χ4n) is 2.14. The number of anilines is 1. The van der Waals surface area contributed by atoms with Gasteiger partial charge in [0.15, 0.2) is 0 Å². The van der Waals surface area contributed by atoms with Gasteiger partial charge in [0.1, 0.15) is 11.5 Å². The molecule has 0 spiro atoms. The number of pyridine rings is 1. The van der Waals surface area contributed by atoms with Gasteiger partial charge in [0.2, 0.25) is 0 Å². The van der Waals surface area contributed by atoms with Crippen LogP contribution in [0.5, 0.6) is 0 Å². The standard InChI is InChI=1S/C15H15N3O2S/c1-11-6-8-13(9-7-11)21(19,20)17-15-12(2)16-14-5-3-4-10-18(14)15/h3-10,17H,1-2H3. The van der Waals surface area contributed by atoms with Crippen LogP contribution >= 0.6 is 0 Å². The van der Waals surface area contributed by atoms with Crippen LogP contribution in [0.2, 0.25) is 0 Å². The normalized spacial score (nSPS) is 11.7. The van der Waals surface area contributed by atoms with Crippen molar-refractivity contribution in [2.75, 3.05) is 4.72 Å². The minimum Gasteiger partial charge on any atom is -0.285 e. The lowest BCUT2D eigenvalue weighted by Gasteiger charge is -2.09. The van der Waals surface area contributed by atoms with Crippen molar-refractivity contribution < 1.29 is 8.42 Å². The quantitative estimate of drug-likeness (QED) is 0.809. The number of imidazole rings is 1. The highest BCUT2D eigenvalue weighted by atomic mass is 32.2. The van der Waals surface area contributed by atoms with Crippen molar-refractivity contribution in [3.8, 4) is 0 Å². The zero-order chi connectivity index (χ0) is 15.0. The molecular weight excluding hydrogens is 286 g/mol. The van der Waals surface area contributed by atoms with Crippen LogP contribution in [-0.2, 0) is 10.0 Å². The molecule has 5 nitrogen and oxygen atoms in total. The maximum atomic E-state index is 12.5. The van der Waals surface area contributed by atoms with Crippen LogP contribution in [0, 0.1) is 13.8 Å². The summed E-state index contributed by atoms with van der Waals surface area (Å²) in [4.78, 5) is 4.58. The van der Waals surface area contributed by atoms with E-state index in [4.69, 9.17) is 0 Å². The molecule has 0 radical (unpaired) electrons. The van der Waals surface area contributed by atoms with Crippen LogP contribution in [0.4, 0.5) is 5.82 Å². The number of sulfonamides is 1. The number of fused-ring (bicyclic) bond motifs is 1. The molecule has 3 rings (SSSR count). The Morgan fingerprint density at radius 2 is 1.76 bits per heavy atom. The molecule has 0 bridgehead atoms. The second-order valence-corrected chi connectivity index (χ2v) is 6.58. The SMILES string of the molecule is Cc1ccc(S(=O)(=O)Nc2c(C)nc3ccccn23)cc1. The number of aryl methyl sites for hydroxylation is 2. The van der Waals surface area contributed by atoms with Crippen molar-refractivity contribution in [3.63, 3.8) is 0 Å². The molecular formula is C15H15N3O2S. The monoisotopic (exact) mass is 301 g/mol. The Balaban J connectivity index is 2.05. The lowest BCUT2D eigenvalue weighted by atomic mass is 10.2. The van der Waals surface area contributed by atoms with Gasteiger partial charge in [0, 0.05) is 6.20 Å². The Morgan fingerprint density at radius 1 is 1.05 bits per heavy atom. The van der Waals surface area contributed by atoms with Crippen LogP contribution in [0.1, 0.15) is 11.3 Å². The average molecular weight is 301 g/mol. The molecule has 6 heteroatoms. The Kier molecular flexibility index (Phi) is 3.17. The Bertz CT molecular complexity index is 896. The number of nitrogens with one attached hydrogen (secondary N) is 1. The Hall–Kier alpha value is -2.34. The first-order chi connectivity index (χ1) is 9.97. The van der Waals surface area contributed by atoms with Gasteiger partial charge < -0.3 is 0 Å². The first-order valence-electron chi connectivity index (χ1n) is 6.50. The summed E-state index contributed by atoms with van der Waals surface area (Å²) in [5.41, 5.74) is 2.36. The molecule has 108 valence electrons. The fourth-order valence-corrected chi connectivity index (χ4v) is 3.25. The van der Waals surface area contributed by atoms with Crippen LogP contribution < -0.4 is 4.72 Å². The zero-order valence-electron chi connectivity index (χ0n) is 11.7. The molecule has 21 heavy (non-hydrogen) atoms. The number of aromatic nitrogens is 2. The van der Waals surface area contributed by atoms with Crippen molar-refractivity contribution in [3.05, 3.63) is 59.9 Å². The molecule has 0 saturated heterocycles. The van der Waals surface area contributed by atoms with Crippen LogP contribution in [-0.4, -0.2) is 17.8 Å². The van der Waals surface area contributed by atoms with Gasteiger partial charge in [0.05, 0.1) is 10.6 Å². The maximum absolute atomic E-state index is 12.5. The van der Waals surface area contributed by atoms with E-state index >= 15 is 0 Å². The van der Waals surface area contributed by atoms with Crippen molar-refractivity contribution in [1.29, 1.82) is 0 Å². The van der Waals surface area contributed by atoms with Crippen LogP contribution in [0.3, 0.4) is 0 Å². The van der Waals surface area contributed by atoms with Crippen molar-refractivity contribution >= 4 is 21.5 Å². The van der Waals surface area contributed by atoms with Gasteiger partial charge >= 0.3 is 0 Å². The second kappa shape index (κ2) is 4.89. The minimum absolute atomic E-state index is 0.235. The van der Waals surface area contributed by atoms with E-state index in [1.807, 2.05) is 25.1 Å². The Labute approximate surface area is 123 Å². The van der Waals surface area contributed by atoms with Crippen LogP contribution in [0.15, 0.2) is 53.6 Å². The van der Waals surface area contributed by atoms with Crippen molar-refractivity contribution in [2.45, 2.75) is 18.7 Å². The predicted molar refractivity (Wildman–Crippen MR) is 81.9 cm³/mol. The summed E-state index contributed by atoms with van der Waals surface area (Å²) >= 11 is 0. The first-order valence-corrected chi connectivity index (χ1v) is 7.99. The fraction of sp³-hybridized carbons (Fsp3) is 0.133. The molecule has 0 saturated carbocycles. The molecule has 2 aromatic heterocycles. The van der Waals surface area contributed by atoms with E-state index in [9.17, 15) is 8.42 Å². The highest BCUT2D eigenvalue weighted by molar-refractivity contribution is 7.92. The third-order valence-corrected chi connectivity index (χ3v) is 4.62. The number of hydrogen-bond donors (Lipinski definition) is 1. The van der Waals surface area contributed by atoms with E-state index in [1.54, 1.807) is 41.8 Å². The van der Waals surface area contributed by atoms with Gasteiger partial charge in [-0.15, -0.1) is 0 Å². The second-order valence-electron chi connectivity index (χ2n) is 4.89. The van der Waals surface area contributed by atoms with Gasteiger partial charge in [-0.1, -0.05) is 23.8 Å². The van der Waals surface area contributed by atoms with E-state index in [0.29, 0.717) is 17.2 Å². The van der Waals surface area contributed by atoms with Gasteiger partial charge in [-0.25, -0.2) is 13.4 Å². The smallest absolute Gasteiger partial charge is 0.263 e. The molecule has 0 amide bonds. The summed E-state index contributed by atoms with van der Waals surface area (Å²) in [6, 6.07) is 12.3. The van der Waals surface area contributed by atoms with E-state index in [2.05, 4.69) is 9.71 Å². The van der Waals surface area contributed by atoms with E-state index < -0.39 is 10.0 Å². The van der Waals surface area contributed by atoms with E-state index in [0.717, 1.165) is 5.56 Å². The first kappa shape index (κ1) is 13.6. The number of benzene rings is 1. The molecule has 0 aliphatic rings. The predicted octanol–water partition coefficient (Wildman–Crippen LogP) is 2.75. The molecule has 1 aromatic carbocycles. The number of hydrogen-bond acceptors (Lipinski definition) is 3. The molecule has 3 aromatic rings. The molecule has 1 N–H and O–H groups in total. The third-order valence-electron chi connectivity index (χ3n) is 3.27. The average Bonchev–Trinajstić information content (AvgIpc) is 2.75. The molecule has 0 aliphatic heterocycles. The molecule has 0 unspecified atom stereocenters. The van der Waals surface area contributed by atoms with Gasteiger partial charge in [-0.05, 0) is 38.1 Å². The number of rotatable bonds is 3. The summed E-state index contributed by atoms with van der Waals surface area (Å²) in [5, 5.41) is 0. The topological polar surface area (TPSA) is 63.5 Å². The summed E-state index contributed by atoms with van der Waals surface area (Å²) in [7, 11) is -3.62. The lowest BCUT2D eigenvalue weighted by molar-refractivity contribution is 0.601. The number of nitrogens with zero attached hydrogens (tertiary/aromatic N) is 2. The van der Waals surface area contributed by atoms with Gasteiger partial charge in [-0.2, -0.15) is 0 Å². The summed E-state index contributed by atoms with van der Waals surface area (Å²) in [5.74, 6) is 0.464. The molecule has 0 aliphatic carbocycles. The minimum atomic E-state index is -3.62. The summed E-state index contributed by atoms with van der Waals surface area (Å²) in [6.07, 6.45) is 1.78. The highest BCUT2D eigenvalue weighted by Gasteiger charge is 2.18. The van der Waals surface area contributed by atoms with E-state index in [1.165, 1.54) is 0 Å². The summed E-state index contributed by atoms with van der Waals surface area (Å²) < 4.78 is 29.3. The maximum Gasteiger partial charge on any atom is 0.263 e. The van der Waals surface area contributed by atoms with Crippen molar-refractivity contribution in [2.24, 2.45) is 0 Å². The van der Waals surface area contributed by atoms with Crippen molar-refractivity contribution in [1.82, 2.24) is 9.38 Å². The molecule has 2 heterocycles. The van der Waals surface area contributed by atoms with Gasteiger partial charge in [0.25, 0.3) is 10.0 Å².